The number of benzene rings is 1. The van der Waals surface area contributed by atoms with Crippen molar-refractivity contribution in [2.45, 2.75) is 45.6 Å². The number of alkyl carbamates (subject to hydrolysis) is 1. The largest absolute Gasteiger partial charge is 0.508 e. The number of carbonyl (C=O) groups excluding carboxylic acids is 1. The molecule has 0 bridgehead atoms. The number of phenolic OH excluding ortho intramolecular Hbond substituents is 1. The normalized spacial score (nSPS) is 12.1. The third-order valence-corrected chi connectivity index (χ3v) is 3.44. The molecule has 0 unspecified atom stereocenters. The quantitative estimate of drug-likeness (QED) is 0.873. The highest BCUT2D eigenvalue weighted by Gasteiger charge is 2.25. The fraction of sp³-hybridized carbons (Fsp3) is 0.533. The predicted octanol–water partition coefficient (Wildman–Crippen LogP) is 3.96. The standard InChI is InChI=1S/C15H22BrNO3/c1-14(2,3)20-13(19)17-9-15(4,5)11-8-10(18)6-7-12(11)16/h6-8,18H,9H2,1-5H3,(H,17,19). The van der Waals surface area contributed by atoms with Gasteiger partial charge in [0.2, 0.25) is 0 Å². The zero-order valence-corrected chi connectivity index (χ0v) is 14.2. The molecule has 0 aliphatic heterocycles. The summed E-state index contributed by atoms with van der Waals surface area (Å²) in [5.41, 5.74) is 0.0717. The van der Waals surface area contributed by atoms with E-state index in [1.165, 1.54) is 0 Å². The van der Waals surface area contributed by atoms with Crippen LogP contribution in [-0.2, 0) is 10.2 Å². The highest BCUT2D eigenvalue weighted by Crippen LogP contribution is 2.32. The minimum Gasteiger partial charge on any atom is -0.508 e. The lowest BCUT2D eigenvalue weighted by Gasteiger charge is -2.28. The molecule has 1 aromatic rings. The molecule has 0 aromatic heterocycles. The van der Waals surface area contributed by atoms with Gasteiger partial charge in [-0.2, -0.15) is 0 Å². The second-order valence-corrected chi connectivity index (χ2v) is 7.26. The lowest BCUT2D eigenvalue weighted by atomic mass is 9.84. The third kappa shape index (κ3) is 5.04. The number of aromatic hydroxyl groups is 1. The Morgan fingerprint density at radius 3 is 2.45 bits per heavy atom. The van der Waals surface area contributed by atoms with E-state index in [1.54, 1.807) is 18.2 Å². The first-order chi connectivity index (χ1) is 9.01. The number of carbonyl (C=O) groups is 1. The van der Waals surface area contributed by atoms with Gasteiger partial charge in [0.05, 0.1) is 0 Å². The monoisotopic (exact) mass is 343 g/mol. The second-order valence-electron chi connectivity index (χ2n) is 6.40. The Labute approximate surface area is 128 Å². The number of amides is 1. The topological polar surface area (TPSA) is 58.6 Å². The van der Waals surface area contributed by atoms with Crippen LogP contribution in [0.4, 0.5) is 4.79 Å². The lowest BCUT2D eigenvalue weighted by Crippen LogP contribution is -2.39. The van der Waals surface area contributed by atoms with Crippen LogP contribution in [0, 0.1) is 0 Å². The molecule has 0 saturated heterocycles. The first-order valence-corrected chi connectivity index (χ1v) is 7.26. The van der Waals surface area contributed by atoms with E-state index in [9.17, 15) is 9.90 Å². The molecular weight excluding hydrogens is 322 g/mol. The maximum atomic E-state index is 11.7. The van der Waals surface area contributed by atoms with Crippen LogP contribution >= 0.6 is 15.9 Å². The second kappa shape index (κ2) is 6.04. The molecule has 0 heterocycles. The average molecular weight is 344 g/mol. The maximum Gasteiger partial charge on any atom is 0.407 e. The van der Waals surface area contributed by atoms with Gasteiger partial charge >= 0.3 is 6.09 Å². The summed E-state index contributed by atoms with van der Waals surface area (Å²) < 4.78 is 6.11. The Kier molecular flexibility index (Phi) is 5.08. The summed E-state index contributed by atoms with van der Waals surface area (Å²) >= 11 is 3.47. The number of phenols is 1. The highest BCUT2D eigenvalue weighted by atomic mass is 79.9. The van der Waals surface area contributed by atoms with Gasteiger partial charge in [0.15, 0.2) is 0 Å². The first-order valence-electron chi connectivity index (χ1n) is 6.47. The van der Waals surface area contributed by atoms with Crippen molar-refractivity contribution in [3.63, 3.8) is 0 Å². The summed E-state index contributed by atoms with van der Waals surface area (Å²) in [5, 5.41) is 12.4. The summed E-state index contributed by atoms with van der Waals surface area (Å²) in [6.07, 6.45) is -0.443. The number of hydrogen-bond acceptors (Lipinski definition) is 3. The van der Waals surface area contributed by atoms with Gasteiger partial charge in [0.25, 0.3) is 0 Å². The van der Waals surface area contributed by atoms with Gasteiger partial charge in [-0.3, -0.25) is 0 Å². The smallest absolute Gasteiger partial charge is 0.407 e. The van der Waals surface area contributed by atoms with Crippen LogP contribution in [0.25, 0.3) is 0 Å². The SMILES string of the molecule is CC(C)(C)OC(=O)NCC(C)(C)c1cc(O)ccc1Br. The average Bonchev–Trinajstić information content (AvgIpc) is 2.27. The van der Waals surface area contributed by atoms with Crippen LogP contribution < -0.4 is 5.32 Å². The molecule has 4 nitrogen and oxygen atoms in total. The Balaban J connectivity index is 2.75. The first kappa shape index (κ1) is 16.8. The molecule has 2 N–H and O–H groups in total. The summed E-state index contributed by atoms with van der Waals surface area (Å²) in [7, 11) is 0. The summed E-state index contributed by atoms with van der Waals surface area (Å²) in [5.74, 6) is 0.202. The van der Waals surface area contributed by atoms with Crippen LogP contribution in [0.3, 0.4) is 0 Å². The predicted molar refractivity (Wildman–Crippen MR) is 83.1 cm³/mol. The summed E-state index contributed by atoms with van der Waals surface area (Å²) in [6.45, 7) is 9.86. The van der Waals surface area contributed by atoms with Crippen molar-refractivity contribution in [1.82, 2.24) is 5.32 Å². The molecule has 0 aliphatic rings. The minimum absolute atomic E-state index is 0.202. The molecule has 0 atom stereocenters. The van der Waals surface area contributed by atoms with Crippen molar-refractivity contribution in [1.29, 1.82) is 0 Å². The summed E-state index contributed by atoms with van der Waals surface area (Å²) in [4.78, 5) is 11.7. The zero-order chi connectivity index (χ0) is 15.6. The Hall–Kier alpha value is -1.23. The minimum atomic E-state index is -0.514. The molecule has 1 amide bonds. The van der Waals surface area contributed by atoms with Gasteiger partial charge in [-0.25, -0.2) is 4.79 Å². The molecular formula is C15H22BrNO3. The maximum absolute atomic E-state index is 11.7. The number of ether oxygens (including phenoxy) is 1. The van der Waals surface area contributed by atoms with E-state index in [-0.39, 0.29) is 11.2 Å². The highest BCUT2D eigenvalue weighted by molar-refractivity contribution is 9.10. The molecule has 20 heavy (non-hydrogen) atoms. The Morgan fingerprint density at radius 2 is 1.90 bits per heavy atom. The van der Waals surface area contributed by atoms with E-state index in [1.807, 2.05) is 34.6 Å². The number of rotatable bonds is 3. The van der Waals surface area contributed by atoms with Gasteiger partial charge in [-0.15, -0.1) is 0 Å². The van der Waals surface area contributed by atoms with E-state index < -0.39 is 11.7 Å². The van der Waals surface area contributed by atoms with Gasteiger partial charge < -0.3 is 15.2 Å². The van der Waals surface area contributed by atoms with Crippen LogP contribution in [0.15, 0.2) is 22.7 Å². The van der Waals surface area contributed by atoms with Gasteiger partial charge in [-0.05, 0) is 44.5 Å². The van der Waals surface area contributed by atoms with E-state index in [2.05, 4.69) is 21.2 Å². The van der Waals surface area contributed by atoms with Crippen molar-refractivity contribution in [3.8, 4) is 5.75 Å². The third-order valence-electron chi connectivity index (χ3n) is 2.75. The number of halogens is 1. The van der Waals surface area contributed by atoms with Crippen molar-refractivity contribution >= 4 is 22.0 Å². The van der Waals surface area contributed by atoms with Gasteiger partial charge in [-0.1, -0.05) is 29.8 Å². The molecule has 0 saturated carbocycles. The lowest BCUT2D eigenvalue weighted by molar-refractivity contribution is 0.0517. The molecule has 0 radical (unpaired) electrons. The van der Waals surface area contributed by atoms with E-state index in [0.29, 0.717) is 6.54 Å². The van der Waals surface area contributed by atoms with Crippen molar-refractivity contribution in [3.05, 3.63) is 28.2 Å². The number of hydrogen-bond donors (Lipinski definition) is 2. The fourth-order valence-electron chi connectivity index (χ4n) is 1.73. The Morgan fingerprint density at radius 1 is 1.30 bits per heavy atom. The molecule has 112 valence electrons. The summed E-state index contributed by atoms with van der Waals surface area (Å²) in [6, 6.07) is 5.10. The van der Waals surface area contributed by atoms with Crippen molar-refractivity contribution in [2.75, 3.05) is 6.54 Å². The van der Waals surface area contributed by atoms with Crippen LogP contribution in [-0.4, -0.2) is 23.3 Å². The molecule has 1 rings (SSSR count). The van der Waals surface area contributed by atoms with Crippen LogP contribution in [0.5, 0.6) is 5.75 Å². The van der Waals surface area contributed by atoms with Gasteiger partial charge in [0, 0.05) is 16.4 Å². The van der Waals surface area contributed by atoms with Crippen molar-refractivity contribution < 1.29 is 14.6 Å². The van der Waals surface area contributed by atoms with E-state index in [0.717, 1.165) is 10.0 Å². The van der Waals surface area contributed by atoms with Crippen LogP contribution in [0.1, 0.15) is 40.2 Å². The van der Waals surface area contributed by atoms with E-state index >= 15 is 0 Å². The van der Waals surface area contributed by atoms with E-state index in [4.69, 9.17) is 4.74 Å². The molecule has 1 aromatic carbocycles. The van der Waals surface area contributed by atoms with Gasteiger partial charge in [0.1, 0.15) is 11.4 Å². The molecule has 0 spiro atoms. The Bertz CT molecular complexity index is 492. The van der Waals surface area contributed by atoms with Crippen LogP contribution in [0.2, 0.25) is 0 Å². The fourth-order valence-corrected chi connectivity index (χ4v) is 2.52. The van der Waals surface area contributed by atoms with Crippen molar-refractivity contribution in [2.24, 2.45) is 0 Å². The zero-order valence-electron chi connectivity index (χ0n) is 12.6. The molecule has 0 aliphatic carbocycles. The number of nitrogens with one attached hydrogen (secondary N) is 1. The molecule has 5 heteroatoms. The molecule has 0 fully saturated rings.